The van der Waals surface area contributed by atoms with Crippen molar-refractivity contribution in [2.24, 2.45) is 5.92 Å². The molecular formula is C18H29Cl2N. The van der Waals surface area contributed by atoms with Gasteiger partial charge in [-0.15, -0.1) is 0 Å². The van der Waals surface area contributed by atoms with E-state index in [4.69, 9.17) is 23.2 Å². The Bertz CT molecular complexity index is 404. The summed E-state index contributed by atoms with van der Waals surface area (Å²) in [5.74, 6) is 0.833. The van der Waals surface area contributed by atoms with Crippen LogP contribution in [0.2, 0.25) is 10.0 Å². The van der Waals surface area contributed by atoms with Crippen molar-refractivity contribution in [1.29, 1.82) is 0 Å². The van der Waals surface area contributed by atoms with Gasteiger partial charge in [0.15, 0.2) is 0 Å². The van der Waals surface area contributed by atoms with E-state index in [9.17, 15) is 0 Å². The largest absolute Gasteiger partial charge is 0.310 e. The van der Waals surface area contributed by atoms with Crippen LogP contribution < -0.4 is 5.32 Å². The maximum absolute atomic E-state index is 6.29. The van der Waals surface area contributed by atoms with Crippen LogP contribution in [-0.2, 0) is 0 Å². The second-order valence-corrected chi connectivity index (χ2v) is 7.02. The Morgan fingerprint density at radius 2 is 1.76 bits per heavy atom. The Morgan fingerprint density at radius 1 is 1.05 bits per heavy atom. The highest BCUT2D eigenvalue weighted by Gasteiger charge is 2.12. The summed E-state index contributed by atoms with van der Waals surface area (Å²) in [6.07, 6.45) is 7.64. The minimum atomic E-state index is 0.324. The van der Waals surface area contributed by atoms with Crippen molar-refractivity contribution in [3.63, 3.8) is 0 Å². The SMILES string of the molecule is CCC(NCCCCCCC(C)C)c1ccc(Cl)cc1Cl. The number of hydrogen-bond acceptors (Lipinski definition) is 1. The van der Waals surface area contributed by atoms with E-state index in [-0.39, 0.29) is 0 Å². The summed E-state index contributed by atoms with van der Waals surface area (Å²) in [4.78, 5) is 0. The molecule has 0 amide bonds. The van der Waals surface area contributed by atoms with Gasteiger partial charge in [0.1, 0.15) is 0 Å². The van der Waals surface area contributed by atoms with Crippen LogP contribution in [0.25, 0.3) is 0 Å². The van der Waals surface area contributed by atoms with Crippen LogP contribution >= 0.6 is 23.2 Å². The molecular weight excluding hydrogens is 301 g/mol. The molecule has 0 heterocycles. The molecule has 120 valence electrons. The maximum Gasteiger partial charge on any atom is 0.0468 e. The summed E-state index contributed by atoms with van der Waals surface area (Å²) in [7, 11) is 0. The normalized spacial score (nSPS) is 12.9. The molecule has 0 bridgehead atoms. The molecule has 1 aromatic rings. The van der Waals surface area contributed by atoms with E-state index in [1.807, 2.05) is 18.2 Å². The van der Waals surface area contributed by atoms with Gasteiger partial charge in [0.2, 0.25) is 0 Å². The summed E-state index contributed by atoms with van der Waals surface area (Å²) in [6.45, 7) is 7.83. The predicted molar refractivity (Wildman–Crippen MR) is 95.4 cm³/mol. The molecule has 0 aliphatic heterocycles. The maximum atomic E-state index is 6.29. The highest BCUT2D eigenvalue weighted by Crippen LogP contribution is 2.28. The van der Waals surface area contributed by atoms with Crippen LogP contribution in [0.5, 0.6) is 0 Å². The molecule has 3 heteroatoms. The zero-order valence-corrected chi connectivity index (χ0v) is 15.1. The number of halogens is 2. The molecule has 1 aromatic carbocycles. The Hall–Kier alpha value is -0.240. The van der Waals surface area contributed by atoms with Crippen molar-refractivity contribution in [1.82, 2.24) is 5.32 Å². The monoisotopic (exact) mass is 329 g/mol. The number of unbranched alkanes of at least 4 members (excludes halogenated alkanes) is 3. The molecule has 0 saturated carbocycles. The van der Waals surface area contributed by atoms with Crippen molar-refractivity contribution >= 4 is 23.2 Å². The number of nitrogens with one attached hydrogen (secondary N) is 1. The molecule has 1 rings (SSSR count). The quantitative estimate of drug-likeness (QED) is 0.474. The lowest BCUT2D eigenvalue weighted by Gasteiger charge is -2.19. The Kier molecular flexibility index (Phi) is 9.39. The molecule has 0 fully saturated rings. The molecule has 0 saturated heterocycles. The van der Waals surface area contributed by atoms with E-state index in [1.54, 1.807) is 0 Å². The van der Waals surface area contributed by atoms with Crippen molar-refractivity contribution < 1.29 is 0 Å². The van der Waals surface area contributed by atoms with Crippen LogP contribution in [0, 0.1) is 5.92 Å². The molecule has 0 spiro atoms. The van der Waals surface area contributed by atoms with Crippen LogP contribution in [0.4, 0.5) is 0 Å². The van der Waals surface area contributed by atoms with E-state index in [0.717, 1.165) is 29.5 Å². The second kappa shape index (κ2) is 10.5. The third-order valence-electron chi connectivity index (χ3n) is 3.85. The topological polar surface area (TPSA) is 12.0 Å². The van der Waals surface area contributed by atoms with E-state index >= 15 is 0 Å². The Labute approximate surface area is 140 Å². The minimum absolute atomic E-state index is 0.324. The van der Waals surface area contributed by atoms with Crippen LogP contribution in [-0.4, -0.2) is 6.54 Å². The van der Waals surface area contributed by atoms with Crippen LogP contribution in [0.15, 0.2) is 18.2 Å². The zero-order valence-electron chi connectivity index (χ0n) is 13.6. The average molecular weight is 330 g/mol. The van der Waals surface area contributed by atoms with E-state index < -0.39 is 0 Å². The summed E-state index contributed by atoms with van der Waals surface area (Å²) < 4.78 is 0. The Balaban J connectivity index is 2.28. The van der Waals surface area contributed by atoms with E-state index in [0.29, 0.717) is 11.1 Å². The molecule has 0 aliphatic rings. The fourth-order valence-corrected chi connectivity index (χ4v) is 3.11. The summed E-state index contributed by atoms with van der Waals surface area (Å²) in [6, 6.07) is 6.10. The first-order valence-corrected chi connectivity index (χ1v) is 8.98. The van der Waals surface area contributed by atoms with Gasteiger partial charge in [-0.3, -0.25) is 0 Å². The Morgan fingerprint density at radius 3 is 2.38 bits per heavy atom. The van der Waals surface area contributed by atoms with Gasteiger partial charge in [-0.05, 0) is 43.0 Å². The smallest absolute Gasteiger partial charge is 0.0468 e. The lowest BCUT2D eigenvalue weighted by molar-refractivity contribution is 0.480. The first-order valence-electron chi connectivity index (χ1n) is 8.23. The van der Waals surface area contributed by atoms with Crippen molar-refractivity contribution in [3.8, 4) is 0 Å². The second-order valence-electron chi connectivity index (χ2n) is 6.18. The van der Waals surface area contributed by atoms with Crippen molar-refractivity contribution in [2.75, 3.05) is 6.54 Å². The number of hydrogen-bond donors (Lipinski definition) is 1. The van der Waals surface area contributed by atoms with Gasteiger partial charge in [-0.25, -0.2) is 0 Å². The van der Waals surface area contributed by atoms with Gasteiger partial charge in [0.25, 0.3) is 0 Å². The standard InChI is InChI=1S/C18H29Cl2N/c1-4-18(16-11-10-15(19)13-17(16)20)21-12-8-6-5-7-9-14(2)3/h10-11,13-14,18,21H,4-9,12H2,1-3H3. The van der Waals surface area contributed by atoms with Crippen molar-refractivity contribution in [3.05, 3.63) is 33.8 Å². The summed E-state index contributed by atoms with van der Waals surface area (Å²) >= 11 is 12.2. The molecule has 0 radical (unpaired) electrons. The molecule has 1 unspecified atom stereocenters. The van der Waals surface area contributed by atoms with Crippen LogP contribution in [0.1, 0.15) is 70.9 Å². The third kappa shape index (κ3) is 7.54. The molecule has 0 aliphatic carbocycles. The lowest BCUT2D eigenvalue weighted by atomic mass is 10.0. The molecule has 1 atom stereocenters. The number of benzene rings is 1. The minimum Gasteiger partial charge on any atom is -0.310 e. The first-order chi connectivity index (χ1) is 10.0. The van der Waals surface area contributed by atoms with Gasteiger partial charge in [0, 0.05) is 16.1 Å². The molecule has 1 N–H and O–H groups in total. The highest BCUT2D eigenvalue weighted by molar-refractivity contribution is 6.35. The molecule has 21 heavy (non-hydrogen) atoms. The highest BCUT2D eigenvalue weighted by atomic mass is 35.5. The fraction of sp³-hybridized carbons (Fsp3) is 0.667. The van der Waals surface area contributed by atoms with Gasteiger partial charge < -0.3 is 5.32 Å². The van der Waals surface area contributed by atoms with Crippen molar-refractivity contribution in [2.45, 2.75) is 65.3 Å². The van der Waals surface area contributed by atoms with Crippen LogP contribution in [0.3, 0.4) is 0 Å². The third-order valence-corrected chi connectivity index (χ3v) is 4.41. The van der Waals surface area contributed by atoms with E-state index in [1.165, 1.54) is 32.1 Å². The molecule has 0 aromatic heterocycles. The summed E-state index contributed by atoms with van der Waals surface area (Å²) in [5.41, 5.74) is 1.16. The average Bonchev–Trinajstić information content (AvgIpc) is 2.43. The van der Waals surface area contributed by atoms with E-state index in [2.05, 4.69) is 26.1 Å². The molecule has 1 nitrogen and oxygen atoms in total. The zero-order chi connectivity index (χ0) is 15.7. The summed E-state index contributed by atoms with van der Waals surface area (Å²) in [5, 5.41) is 5.08. The fourth-order valence-electron chi connectivity index (χ4n) is 2.57. The van der Waals surface area contributed by atoms with Gasteiger partial charge in [-0.2, -0.15) is 0 Å². The number of rotatable bonds is 10. The van der Waals surface area contributed by atoms with Gasteiger partial charge in [-0.1, -0.05) is 75.7 Å². The lowest BCUT2D eigenvalue weighted by Crippen LogP contribution is -2.22. The predicted octanol–water partition coefficient (Wildman–Crippen LogP) is 6.64. The first kappa shape index (κ1) is 18.8. The van der Waals surface area contributed by atoms with Gasteiger partial charge in [0.05, 0.1) is 0 Å². The van der Waals surface area contributed by atoms with Gasteiger partial charge >= 0.3 is 0 Å².